The lowest BCUT2D eigenvalue weighted by atomic mass is 10.1. The van der Waals surface area contributed by atoms with Crippen molar-refractivity contribution in [3.63, 3.8) is 0 Å². The number of amides is 2. The third kappa shape index (κ3) is 8.36. The number of benzene rings is 2. The lowest BCUT2D eigenvalue weighted by Crippen LogP contribution is -2.52. The molecule has 1 atom stereocenters. The van der Waals surface area contributed by atoms with Gasteiger partial charge in [0.15, 0.2) is 0 Å². The van der Waals surface area contributed by atoms with Gasteiger partial charge in [-0.25, -0.2) is 12.7 Å². The Kier molecular flexibility index (Phi) is 9.85. The highest BCUT2D eigenvalue weighted by Crippen LogP contribution is 2.18. The van der Waals surface area contributed by atoms with E-state index in [-0.39, 0.29) is 36.2 Å². The Morgan fingerprint density at radius 3 is 2.31 bits per heavy atom. The molecule has 0 saturated carbocycles. The molecule has 8 nitrogen and oxygen atoms in total. The van der Waals surface area contributed by atoms with Crippen LogP contribution in [0.2, 0.25) is 0 Å². The molecule has 0 radical (unpaired) electrons. The lowest BCUT2D eigenvalue weighted by molar-refractivity contribution is -0.141. The molecule has 2 aromatic rings. The van der Waals surface area contributed by atoms with E-state index < -0.39 is 21.6 Å². The highest BCUT2D eigenvalue weighted by Gasteiger charge is 2.28. The van der Waals surface area contributed by atoms with Gasteiger partial charge in [0, 0.05) is 32.1 Å². The van der Waals surface area contributed by atoms with Crippen molar-refractivity contribution in [3.8, 4) is 5.75 Å². The maximum absolute atomic E-state index is 13.3. The molecule has 35 heavy (non-hydrogen) atoms. The fraction of sp³-hybridized carbons (Fsp3) is 0.462. The number of nitrogens with one attached hydrogen (secondary N) is 1. The number of nitrogens with zero attached hydrogens (tertiary/aromatic N) is 2. The smallest absolute Gasteiger partial charge is 0.242 e. The monoisotopic (exact) mass is 503 g/mol. The molecule has 192 valence electrons. The van der Waals surface area contributed by atoms with Crippen molar-refractivity contribution >= 4 is 21.8 Å². The minimum absolute atomic E-state index is 0.103. The quantitative estimate of drug-likeness (QED) is 0.507. The molecule has 0 heterocycles. The second-order valence-electron chi connectivity index (χ2n) is 9.53. The summed E-state index contributed by atoms with van der Waals surface area (Å²) < 4.78 is 32.0. The van der Waals surface area contributed by atoms with Crippen LogP contribution in [-0.2, 0) is 26.2 Å². The summed E-state index contributed by atoms with van der Waals surface area (Å²) in [5, 5.41) is 2.93. The van der Waals surface area contributed by atoms with Gasteiger partial charge in [-0.15, -0.1) is 0 Å². The van der Waals surface area contributed by atoms with E-state index in [1.54, 1.807) is 44.4 Å². The van der Waals surface area contributed by atoms with Crippen LogP contribution < -0.4 is 10.1 Å². The Bertz CT molecular complexity index is 1100. The Labute approximate surface area is 209 Å². The van der Waals surface area contributed by atoms with Crippen molar-refractivity contribution in [1.29, 1.82) is 0 Å². The minimum Gasteiger partial charge on any atom is -0.497 e. The molecule has 9 heteroatoms. The van der Waals surface area contributed by atoms with Crippen LogP contribution in [0.4, 0.5) is 0 Å². The largest absolute Gasteiger partial charge is 0.497 e. The summed E-state index contributed by atoms with van der Waals surface area (Å²) in [4.78, 5) is 27.9. The molecule has 0 bridgehead atoms. The summed E-state index contributed by atoms with van der Waals surface area (Å²) in [6.45, 7) is 7.76. The summed E-state index contributed by atoms with van der Waals surface area (Å²) in [6.07, 6.45) is 0.426. The molecule has 0 aliphatic rings. The highest BCUT2D eigenvalue weighted by atomic mass is 32.2. The van der Waals surface area contributed by atoms with Gasteiger partial charge in [0.2, 0.25) is 21.8 Å². The number of carbonyl (C=O) groups excluding carboxylic acids is 2. The second-order valence-corrected chi connectivity index (χ2v) is 11.6. The van der Waals surface area contributed by atoms with Crippen LogP contribution >= 0.6 is 0 Å². The molecule has 0 aromatic heterocycles. The standard InChI is InChI=1S/C26H37N3O5S/c1-20(25(31)27-26(2,3)4)29(19-21-12-10-13-22(18-21)34-6)24(30)16-11-17-28(5)35(32,33)23-14-8-7-9-15-23/h7-10,12-15,18,20H,11,16-17,19H2,1-6H3,(H,27,31)/t20-/m0/s1. The number of carbonyl (C=O) groups is 2. The number of hydrogen-bond donors (Lipinski definition) is 1. The van der Waals surface area contributed by atoms with Crippen molar-refractivity contribution in [2.75, 3.05) is 20.7 Å². The first kappa shape index (κ1) is 28.3. The zero-order chi connectivity index (χ0) is 26.2. The molecule has 0 aliphatic carbocycles. The minimum atomic E-state index is -3.63. The topological polar surface area (TPSA) is 96.0 Å². The van der Waals surface area contributed by atoms with Gasteiger partial charge in [-0.2, -0.15) is 0 Å². The van der Waals surface area contributed by atoms with E-state index in [1.807, 2.05) is 45.0 Å². The fourth-order valence-corrected chi connectivity index (χ4v) is 4.74. The van der Waals surface area contributed by atoms with E-state index >= 15 is 0 Å². The van der Waals surface area contributed by atoms with Crippen LogP contribution in [0.3, 0.4) is 0 Å². The molecule has 1 N–H and O–H groups in total. The van der Waals surface area contributed by atoms with Crippen LogP contribution in [0, 0.1) is 0 Å². The summed E-state index contributed by atoms with van der Waals surface area (Å²) in [5.74, 6) is 0.182. The van der Waals surface area contributed by atoms with Crippen molar-refractivity contribution in [3.05, 3.63) is 60.2 Å². The summed E-state index contributed by atoms with van der Waals surface area (Å²) in [5.41, 5.74) is 0.391. The van der Waals surface area contributed by atoms with Gasteiger partial charge in [-0.3, -0.25) is 9.59 Å². The third-order valence-electron chi connectivity index (χ3n) is 5.47. The zero-order valence-electron chi connectivity index (χ0n) is 21.4. The van der Waals surface area contributed by atoms with Gasteiger partial charge in [-0.1, -0.05) is 30.3 Å². The van der Waals surface area contributed by atoms with Gasteiger partial charge in [-0.05, 0) is 63.9 Å². The van der Waals surface area contributed by atoms with Crippen LogP contribution in [0.25, 0.3) is 0 Å². The number of methoxy groups -OCH3 is 1. The van der Waals surface area contributed by atoms with Crippen LogP contribution in [0.5, 0.6) is 5.75 Å². The van der Waals surface area contributed by atoms with Gasteiger partial charge in [0.05, 0.1) is 12.0 Å². The Morgan fingerprint density at radius 2 is 1.71 bits per heavy atom. The highest BCUT2D eigenvalue weighted by molar-refractivity contribution is 7.89. The summed E-state index contributed by atoms with van der Waals surface area (Å²) in [6, 6.07) is 14.8. The fourth-order valence-electron chi connectivity index (χ4n) is 3.51. The molecule has 2 aromatic carbocycles. The molecule has 0 spiro atoms. The SMILES string of the molecule is COc1cccc(CN(C(=O)CCCN(C)S(=O)(=O)c2ccccc2)[C@@H](C)C(=O)NC(C)(C)C)c1. The molecule has 2 rings (SSSR count). The Balaban J connectivity index is 2.12. The average Bonchev–Trinajstić information content (AvgIpc) is 2.81. The van der Waals surface area contributed by atoms with E-state index in [4.69, 9.17) is 4.74 Å². The van der Waals surface area contributed by atoms with Crippen molar-refractivity contribution < 1.29 is 22.7 Å². The molecular weight excluding hydrogens is 466 g/mol. The van der Waals surface area contributed by atoms with Crippen LogP contribution in [0.15, 0.2) is 59.5 Å². The van der Waals surface area contributed by atoms with Crippen molar-refractivity contribution in [2.45, 2.75) is 63.6 Å². The van der Waals surface area contributed by atoms with Gasteiger partial charge in [0.1, 0.15) is 11.8 Å². The molecule has 0 saturated heterocycles. The van der Waals surface area contributed by atoms with E-state index in [9.17, 15) is 18.0 Å². The molecule has 0 fully saturated rings. The predicted octanol–water partition coefficient (Wildman–Crippen LogP) is 3.43. The van der Waals surface area contributed by atoms with E-state index in [1.165, 1.54) is 16.3 Å². The Morgan fingerprint density at radius 1 is 1.06 bits per heavy atom. The lowest BCUT2D eigenvalue weighted by Gasteiger charge is -2.31. The molecule has 0 unspecified atom stereocenters. The van der Waals surface area contributed by atoms with Crippen LogP contribution in [0.1, 0.15) is 46.1 Å². The number of ether oxygens (including phenoxy) is 1. The average molecular weight is 504 g/mol. The number of sulfonamides is 1. The Hall–Kier alpha value is -2.91. The van der Waals surface area contributed by atoms with Crippen molar-refractivity contribution in [2.24, 2.45) is 0 Å². The number of rotatable bonds is 11. The maximum atomic E-state index is 13.3. The first-order valence-electron chi connectivity index (χ1n) is 11.6. The van der Waals surface area contributed by atoms with Crippen LogP contribution in [-0.4, -0.2) is 61.7 Å². The summed E-state index contributed by atoms with van der Waals surface area (Å²) in [7, 11) is -0.562. The van der Waals surface area contributed by atoms with Gasteiger partial charge >= 0.3 is 0 Å². The van der Waals surface area contributed by atoms with Crippen molar-refractivity contribution in [1.82, 2.24) is 14.5 Å². The van der Waals surface area contributed by atoms with Gasteiger partial charge in [0.25, 0.3) is 0 Å². The maximum Gasteiger partial charge on any atom is 0.242 e. The van der Waals surface area contributed by atoms with E-state index in [2.05, 4.69) is 5.32 Å². The van der Waals surface area contributed by atoms with E-state index in [0.717, 1.165) is 5.56 Å². The zero-order valence-corrected chi connectivity index (χ0v) is 22.3. The second kappa shape index (κ2) is 12.2. The number of hydrogen-bond acceptors (Lipinski definition) is 5. The molecular formula is C26H37N3O5S. The van der Waals surface area contributed by atoms with E-state index in [0.29, 0.717) is 12.2 Å². The first-order chi connectivity index (χ1) is 16.3. The first-order valence-corrected chi connectivity index (χ1v) is 13.0. The molecule has 0 aliphatic heterocycles. The third-order valence-corrected chi connectivity index (χ3v) is 7.34. The van der Waals surface area contributed by atoms with Gasteiger partial charge < -0.3 is 15.0 Å². The predicted molar refractivity (Wildman–Crippen MR) is 136 cm³/mol. The summed E-state index contributed by atoms with van der Waals surface area (Å²) >= 11 is 0. The molecule has 2 amide bonds. The normalized spacial score (nSPS) is 12.8.